The molecule has 0 spiro atoms. The maximum atomic E-state index is 12.5. The van der Waals surface area contributed by atoms with Crippen LogP contribution in [0.15, 0.2) is 53.6 Å². The van der Waals surface area contributed by atoms with Gasteiger partial charge in [-0.05, 0) is 42.7 Å². The lowest BCUT2D eigenvalue weighted by Crippen LogP contribution is -2.41. The molecule has 1 aromatic carbocycles. The predicted octanol–water partition coefficient (Wildman–Crippen LogP) is 2.13. The minimum Gasteiger partial charge on any atom is -0.342 e. The summed E-state index contributed by atoms with van der Waals surface area (Å²) in [5.74, 6) is 0.135. The van der Waals surface area contributed by atoms with Crippen molar-refractivity contribution in [1.82, 2.24) is 19.4 Å². The average Bonchev–Trinajstić information content (AvgIpc) is 2.98. The molecule has 1 fully saturated rings. The number of H-pyrrole nitrogens is 1. The van der Waals surface area contributed by atoms with Crippen molar-refractivity contribution in [2.75, 3.05) is 13.1 Å². The van der Waals surface area contributed by atoms with E-state index in [1.165, 1.54) is 0 Å². The molecule has 3 heterocycles. The molecule has 0 unspecified atom stereocenters. The van der Waals surface area contributed by atoms with Gasteiger partial charge in [-0.25, -0.2) is 4.79 Å². The van der Waals surface area contributed by atoms with Crippen LogP contribution in [0.4, 0.5) is 0 Å². The van der Waals surface area contributed by atoms with Gasteiger partial charge in [0.15, 0.2) is 0 Å². The van der Waals surface area contributed by atoms with Gasteiger partial charge in [-0.2, -0.15) is 0 Å². The summed E-state index contributed by atoms with van der Waals surface area (Å²) in [6, 6.07) is 11.6. The average molecular weight is 336 g/mol. The van der Waals surface area contributed by atoms with Gasteiger partial charge in [-0.1, -0.05) is 12.1 Å². The van der Waals surface area contributed by atoms with Crippen molar-refractivity contribution < 1.29 is 4.79 Å². The first-order chi connectivity index (χ1) is 12.2. The number of hydrogen-bond acceptors (Lipinski definition) is 3. The first-order valence-corrected chi connectivity index (χ1v) is 8.58. The Labute approximate surface area is 145 Å². The number of likely N-dealkylation sites (tertiary alicyclic amines) is 1. The summed E-state index contributed by atoms with van der Waals surface area (Å²) in [6.07, 6.45) is 5.41. The Morgan fingerprint density at radius 2 is 1.84 bits per heavy atom. The number of aromatic nitrogens is 3. The lowest BCUT2D eigenvalue weighted by atomic mass is 10.0. The van der Waals surface area contributed by atoms with Gasteiger partial charge in [-0.15, -0.1) is 0 Å². The molecule has 6 heteroatoms. The summed E-state index contributed by atoms with van der Waals surface area (Å²) < 4.78 is 1.85. The largest absolute Gasteiger partial charge is 0.342 e. The van der Waals surface area contributed by atoms with Gasteiger partial charge < -0.3 is 9.88 Å². The number of rotatable bonds is 3. The molecule has 4 rings (SSSR count). The number of carbonyl (C=O) groups is 1. The second-order valence-corrected chi connectivity index (χ2v) is 6.46. The molecule has 0 saturated carbocycles. The van der Waals surface area contributed by atoms with Crippen molar-refractivity contribution in [3.63, 3.8) is 0 Å². The molecule has 0 bridgehead atoms. The maximum Gasteiger partial charge on any atom is 0.326 e. The van der Waals surface area contributed by atoms with E-state index in [9.17, 15) is 9.59 Å². The standard InChI is InChI=1S/C19H20N4O2/c24-18(13-14-5-9-20-10-6-14)22-11-7-15(8-12-22)23-17-4-2-1-3-16(17)21-19(23)25/h1-6,9-10,15H,7-8,11-13H2,(H,21,25). The van der Waals surface area contributed by atoms with Crippen molar-refractivity contribution in [2.45, 2.75) is 25.3 Å². The van der Waals surface area contributed by atoms with E-state index in [-0.39, 0.29) is 17.6 Å². The monoisotopic (exact) mass is 336 g/mol. The van der Waals surface area contributed by atoms with E-state index in [1.54, 1.807) is 12.4 Å². The Kier molecular flexibility index (Phi) is 4.09. The van der Waals surface area contributed by atoms with Crippen LogP contribution < -0.4 is 5.69 Å². The van der Waals surface area contributed by atoms with Gasteiger partial charge in [0.05, 0.1) is 17.5 Å². The third kappa shape index (κ3) is 3.07. The highest BCUT2D eigenvalue weighted by molar-refractivity contribution is 5.79. The van der Waals surface area contributed by atoms with Crippen LogP contribution in [0.1, 0.15) is 24.4 Å². The Morgan fingerprint density at radius 1 is 1.12 bits per heavy atom. The molecule has 6 nitrogen and oxygen atoms in total. The van der Waals surface area contributed by atoms with Crippen LogP contribution in [0, 0.1) is 0 Å². The summed E-state index contributed by atoms with van der Waals surface area (Å²) >= 11 is 0. The number of hydrogen-bond donors (Lipinski definition) is 1. The third-order valence-electron chi connectivity index (χ3n) is 4.91. The Bertz CT molecular complexity index is 937. The fraction of sp³-hybridized carbons (Fsp3) is 0.316. The highest BCUT2D eigenvalue weighted by Gasteiger charge is 2.25. The van der Waals surface area contributed by atoms with Crippen LogP contribution in [0.2, 0.25) is 0 Å². The van der Waals surface area contributed by atoms with Gasteiger partial charge in [0, 0.05) is 31.5 Å². The SMILES string of the molecule is O=C(Cc1ccncc1)N1CCC(n2c(=O)[nH]c3ccccc32)CC1. The molecule has 1 saturated heterocycles. The molecule has 1 amide bonds. The molecule has 0 aliphatic carbocycles. The topological polar surface area (TPSA) is 71.0 Å². The Morgan fingerprint density at radius 3 is 2.60 bits per heavy atom. The number of nitrogens with one attached hydrogen (secondary N) is 1. The number of amides is 1. The first kappa shape index (κ1) is 15.6. The molecule has 25 heavy (non-hydrogen) atoms. The lowest BCUT2D eigenvalue weighted by Gasteiger charge is -2.32. The lowest BCUT2D eigenvalue weighted by molar-refractivity contribution is -0.131. The van der Waals surface area contributed by atoms with Crippen molar-refractivity contribution in [1.29, 1.82) is 0 Å². The molecule has 1 N–H and O–H groups in total. The third-order valence-corrected chi connectivity index (χ3v) is 4.91. The summed E-state index contributed by atoms with van der Waals surface area (Å²) in [5.41, 5.74) is 2.72. The highest BCUT2D eigenvalue weighted by Crippen LogP contribution is 2.25. The number of pyridine rings is 1. The van der Waals surface area contributed by atoms with Crippen LogP contribution in [-0.4, -0.2) is 38.4 Å². The second kappa shape index (κ2) is 6.55. The van der Waals surface area contributed by atoms with Crippen molar-refractivity contribution >= 4 is 16.9 Å². The number of para-hydroxylation sites is 2. The summed E-state index contributed by atoms with van der Waals surface area (Å²) in [7, 11) is 0. The number of nitrogens with zero attached hydrogens (tertiary/aromatic N) is 3. The van der Waals surface area contributed by atoms with E-state index in [0.29, 0.717) is 19.5 Å². The second-order valence-electron chi connectivity index (χ2n) is 6.46. The summed E-state index contributed by atoms with van der Waals surface area (Å²) in [6.45, 7) is 1.36. The van der Waals surface area contributed by atoms with E-state index in [4.69, 9.17) is 0 Å². The van der Waals surface area contributed by atoms with Gasteiger partial charge in [-0.3, -0.25) is 14.3 Å². The zero-order valence-electron chi connectivity index (χ0n) is 13.9. The van der Waals surface area contributed by atoms with Crippen molar-refractivity contribution in [3.05, 3.63) is 64.8 Å². The summed E-state index contributed by atoms with van der Waals surface area (Å²) in [4.78, 5) is 33.6. The normalized spacial score (nSPS) is 15.6. The van der Waals surface area contributed by atoms with Crippen LogP contribution in [-0.2, 0) is 11.2 Å². The molecule has 2 aromatic heterocycles. The molecule has 128 valence electrons. The van der Waals surface area contributed by atoms with E-state index in [1.807, 2.05) is 45.9 Å². The smallest absolute Gasteiger partial charge is 0.326 e. The first-order valence-electron chi connectivity index (χ1n) is 8.58. The van der Waals surface area contributed by atoms with Crippen LogP contribution in [0.3, 0.4) is 0 Å². The van der Waals surface area contributed by atoms with Crippen LogP contribution in [0.5, 0.6) is 0 Å². The molecule has 0 atom stereocenters. The van der Waals surface area contributed by atoms with E-state index < -0.39 is 0 Å². The van der Waals surface area contributed by atoms with Crippen LogP contribution in [0.25, 0.3) is 11.0 Å². The minimum absolute atomic E-state index is 0.0669. The van der Waals surface area contributed by atoms with Gasteiger partial charge in [0.1, 0.15) is 0 Å². The number of benzene rings is 1. The fourth-order valence-electron chi connectivity index (χ4n) is 3.60. The number of aromatic amines is 1. The van der Waals surface area contributed by atoms with Crippen LogP contribution >= 0.6 is 0 Å². The zero-order chi connectivity index (χ0) is 17.2. The molecular weight excluding hydrogens is 316 g/mol. The number of carbonyl (C=O) groups excluding carboxylic acids is 1. The molecule has 3 aromatic rings. The van der Waals surface area contributed by atoms with Crippen molar-refractivity contribution in [3.8, 4) is 0 Å². The number of piperidine rings is 1. The van der Waals surface area contributed by atoms with Gasteiger partial charge in [0.2, 0.25) is 5.91 Å². The molecule has 1 aliphatic heterocycles. The molecule has 0 radical (unpaired) electrons. The minimum atomic E-state index is -0.0669. The predicted molar refractivity (Wildman–Crippen MR) is 95.4 cm³/mol. The molecular formula is C19H20N4O2. The summed E-state index contributed by atoms with van der Waals surface area (Å²) in [5, 5.41) is 0. The quantitative estimate of drug-likeness (QED) is 0.796. The molecule has 1 aliphatic rings. The zero-order valence-corrected chi connectivity index (χ0v) is 13.9. The fourth-order valence-corrected chi connectivity index (χ4v) is 3.60. The van der Waals surface area contributed by atoms with E-state index in [0.717, 1.165) is 29.4 Å². The Balaban J connectivity index is 1.45. The Hall–Kier alpha value is -2.89. The van der Waals surface area contributed by atoms with E-state index >= 15 is 0 Å². The van der Waals surface area contributed by atoms with Crippen molar-refractivity contribution in [2.24, 2.45) is 0 Å². The van der Waals surface area contributed by atoms with Gasteiger partial charge in [0.25, 0.3) is 0 Å². The van der Waals surface area contributed by atoms with Gasteiger partial charge >= 0.3 is 5.69 Å². The number of fused-ring (bicyclic) bond motifs is 1. The number of imidazole rings is 1. The van der Waals surface area contributed by atoms with E-state index in [2.05, 4.69) is 9.97 Å². The maximum absolute atomic E-state index is 12.5. The highest BCUT2D eigenvalue weighted by atomic mass is 16.2.